The van der Waals surface area contributed by atoms with E-state index < -0.39 is 0 Å². The number of nitrogens with two attached hydrogens (primary N) is 1. The molecule has 0 fully saturated rings. The Kier molecular flexibility index (Phi) is 5.54. The van der Waals surface area contributed by atoms with E-state index in [0.717, 1.165) is 33.8 Å². The maximum atomic E-state index is 5.63. The van der Waals surface area contributed by atoms with Crippen molar-refractivity contribution in [2.24, 2.45) is 5.73 Å². The van der Waals surface area contributed by atoms with Crippen LogP contribution in [0.25, 0.3) is 22.3 Å². The maximum absolute atomic E-state index is 5.63. The molecule has 3 rings (SSSR count). The van der Waals surface area contributed by atoms with Crippen molar-refractivity contribution in [2.45, 2.75) is 20.4 Å². The molecule has 23 heavy (non-hydrogen) atoms. The van der Waals surface area contributed by atoms with Gasteiger partial charge < -0.3 is 10.6 Å². The minimum atomic E-state index is 0.401. The highest BCUT2D eigenvalue weighted by Gasteiger charge is 2.06. The molecule has 0 amide bonds. The first-order valence-corrected chi connectivity index (χ1v) is 7.63. The Morgan fingerprint density at radius 2 is 1.78 bits per heavy atom. The number of anilines is 1. The lowest BCUT2D eigenvalue weighted by Gasteiger charge is -2.11. The summed E-state index contributed by atoms with van der Waals surface area (Å²) in [6.45, 7) is 4.40. The van der Waals surface area contributed by atoms with Crippen molar-refractivity contribution in [3.63, 3.8) is 0 Å². The van der Waals surface area contributed by atoms with E-state index in [2.05, 4.69) is 19.9 Å². The molecule has 0 bridgehead atoms. The molecule has 3 aromatic rings. The fourth-order valence-electron chi connectivity index (χ4n) is 2.01. The third-order valence-corrected chi connectivity index (χ3v) is 3.18. The van der Waals surface area contributed by atoms with E-state index in [9.17, 15) is 0 Å². The number of pyridine rings is 2. The molecule has 2 N–H and O–H groups in total. The molecule has 0 aliphatic heterocycles. The minimum absolute atomic E-state index is 0.401. The zero-order valence-corrected chi connectivity index (χ0v) is 14.0. The van der Waals surface area contributed by atoms with Gasteiger partial charge in [-0.25, -0.2) is 9.97 Å². The fourth-order valence-corrected chi connectivity index (χ4v) is 2.01. The van der Waals surface area contributed by atoms with Crippen LogP contribution < -0.4 is 10.6 Å². The van der Waals surface area contributed by atoms with Crippen molar-refractivity contribution in [2.75, 3.05) is 19.0 Å². The van der Waals surface area contributed by atoms with Crippen LogP contribution in [0.3, 0.4) is 0 Å². The van der Waals surface area contributed by atoms with E-state index in [1.54, 1.807) is 18.6 Å². The zero-order chi connectivity index (χ0) is 16.8. The second-order valence-electron chi connectivity index (χ2n) is 4.93. The van der Waals surface area contributed by atoms with E-state index in [4.69, 9.17) is 5.73 Å². The molecule has 0 spiro atoms. The summed E-state index contributed by atoms with van der Waals surface area (Å²) in [5, 5.41) is 0.979. The number of hydrogen-bond donors (Lipinski definition) is 1. The van der Waals surface area contributed by atoms with E-state index in [1.807, 2.05) is 51.0 Å². The molecule has 0 radical (unpaired) electrons. The molecule has 6 nitrogen and oxygen atoms in total. The van der Waals surface area contributed by atoms with Gasteiger partial charge in [0.15, 0.2) is 0 Å². The Morgan fingerprint density at radius 3 is 2.48 bits per heavy atom. The predicted molar refractivity (Wildman–Crippen MR) is 94.1 cm³/mol. The second kappa shape index (κ2) is 7.60. The van der Waals surface area contributed by atoms with Gasteiger partial charge in [-0.05, 0) is 18.2 Å². The first-order valence-electron chi connectivity index (χ1n) is 7.63. The molecule has 0 atom stereocenters. The Morgan fingerprint density at radius 1 is 1.00 bits per heavy atom. The number of rotatable bonds is 3. The average molecular weight is 310 g/mol. The summed E-state index contributed by atoms with van der Waals surface area (Å²) >= 11 is 0. The van der Waals surface area contributed by atoms with Crippen LogP contribution in [-0.4, -0.2) is 34.0 Å². The van der Waals surface area contributed by atoms with E-state index in [1.165, 1.54) is 0 Å². The van der Waals surface area contributed by atoms with Crippen molar-refractivity contribution in [3.8, 4) is 11.4 Å². The highest BCUT2D eigenvalue weighted by Crippen LogP contribution is 2.20. The van der Waals surface area contributed by atoms with Gasteiger partial charge in [0, 0.05) is 32.2 Å². The highest BCUT2D eigenvalue weighted by molar-refractivity contribution is 5.80. The van der Waals surface area contributed by atoms with Crippen LogP contribution in [0.1, 0.15) is 19.5 Å². The molecule has 0 aliphatic rings. The molecule has 0 saturated heterocycles. The van der Waals surface area contributed by atoms with Crippen LogP contribution in [0.15, 0.2) is 36.8 Å². The molecule has 120 valence electrons. The lowest BCUT2D eigenvalue weighted by atomic mass is 10.2. The molecular formula is C17H22N6. The van der Waals surface area contributed by atoms with Crippen LogP contribution >= 0.6 is 0 Å². The highest BCUT2D eigenvalue weighted by atomic mass is 15.1. The largest absolute Gasteiger partial charge is 0.361 e. The molecular weight excluding hydrogens is 288 g/mol. The number of aromatic nitrogens is 4. The SMILES string of the molecule is CC.CN(C)c1cncc(-c2ccc3cnc(CN)cc3n2)n1. The average Bonchev–Trinajstić information content (AvgIpc) is 2.62. The monoisotopic (exact) mass is 310 g/mol. The van der Waals surface area contributed by atoms with Crippen molar-refractivity contribution < 1.29 is 0 Å². The smallest absolute Gasteiger partial charge is 0.147 e. The van der Waals surface area contributed by atoms with Gasteiger partial charge in [-0.2, -0.15) is 0 Å². The summed E-state index contributed by atoms with van der Waals surface area (Å²) in [7, 11) is 3.86. The minimum Gasteiger partial charge on any atom is -0.361 e. The van der Waals surface area contributed by atoms with Crippen LogP contribution in [0.5, 0.6) is 0 Å². The van der Waals surface area contributed by atoms with Crippen LogP contribution in [-0.2, 0) is 6.54 Å². The summed E-state index contributed by atoms with van der Waals surface area (Å²) in [4.78, 5) is 19.6. The Balaban J connectivity index is 0.000000924. The third-order valence-electron chi connectivity index (χ3n) is 3.18. The molecule has 3 heterocycles. The van der Waals surface area contributed by atoms with Gasteiger partial charge >= 0.3 is 0 Å². The van der Waals surface area contributed by atoms with Gasteiger partial charge in [0.2, 0.25) is 0 Å². The molecule has 0 aromatic carbocycles. The van der Waals surface area contributed by atoms with E-state index >= 15 is 0 Å². The zero-order valence-electron chi connectivity index (χ0n) is 14.0. The van der Waals surface area contributed by atoms with Crippen LogP contribution in [0.4, 0.5) is 5.82 Å². The van der Waals surface area contributed by atoms with Gasteiger partial charge in [-0.15, -0.1) is 0 Å². The molecule has 0 aliphatic carbocycles. The molecule has 3 aromatic heterocycles. The van der Waals surface area contributed by atoms with E-state index in [-0.39, 0.29) is 0 Å². The van der Waals surface area contributed by atoms with Crippen molar-refractivity contribution >= 4 is 16.7 Å². The topological polar surface area (TPSA) is 80.8 Å². The molecule has 0 unspecified atom stereocenters. The fraction of sp³-hybridized carbons (Fsp3) is 0.294. The summed E-state index contributed by atoms with van der Waals surface area (Å²) in [6, 6.07) is 5.81. The standard InChI is InChI=1S/C15H16N6.C2H6/c1-21(2)15-9-17-8-14(20-15)12-4-3-10-7-18-11(6-16)5-13(10)19-12;1-2/h3-5,7-9H,6,16H2,1-2H3;1-2H3. The number of fused-ring (bicyclic) bond motifs is 1. The van der Waals surface area contributed by atoms with Crippen molar-refractivity contribution in [1.82, 2.24) is 19.9 Å². The second-order valence-corrected chi connectivity index (χ2v) is 4.93. The lowest BCUT2D eigenvalue weighted by Crippen LogP contribution is -2.11. The van der Waals surface area contributed by atoms with Crippen molar-refractivity contribution in [1.29, 1.82) is 0 Å². The van der Waals surface area contributed by atoms with Crippen LogP contribution in [0.2, 0.25) is 0 Å². The van der Waals surface area contributed by atoms with Gasteiger partial charge in [-0.1, -0.05) is 13.8 Å². The predicted octanol–water partition coefficient (Wildman–Crippen LogP) is 2.64. The first-order chi connectivity index (χ1) is 11.2. The van der Waals surface area contributed by atoms with Gasteiger partial charge in [0.05, 0.1) is 29.3 Å². The van der Waals surface area contributed by atoms with Crippen molar-refractivity contribution in [3.05, 3.63) is 42.5 Å². The molecule has 6 heteroatoms. The third kappa shape index (κ3) is 3.78. The Labute approximate surface area is 136 Å². The number of hydrogen-bond acceptors (Lipinski definition) is 6. The van der Waals surface area contributed by atoms with Crippen LogP contribution in [0, 0.1) is 0 Å². The summed E-state index contributed by atoms with van der Waals surface area (Å²) < 4.78 is 0. The van der Waals surface area contributed by atoms with Gasteiger partial charge in [-0.3, -0.25) is 9.97 Å². The van der Waals surface area contributed by atoms with Gasteiger partial charge in [0.1, 0.15) is 11.5 Å². The first kappa shape index (κ1) is 16.8. The normalized spacial score (nSPS) is 10.1. The quantitative estimate of drug-likeness (QED) is 0.801. The van der Waals surface area contributed by atoms with Gasteiger partial charge in [0.25, 0.3) is 0 Å². The Bertz CT molecular complexity index is 785. The maximum Gasteiger partial charge on any atom is 0.147 e. The summed E-state index contributed by atoms with van der Waals surface area (Å²) in [5.41, 5.74) is 8.84. The molecule has 0 saturated carbocycles. The van der Waals surface area contributed by atoms with E-state index in [0.29, 0.717) is 6.54 Å². The number of nitrogens with zero attached hydrogens (tertiary/aromatic N) is 5. The summed E-state index contributed by atoms with van der Waals surface area (Å²) in [6.07, 6.45) is 5.23. The lowest BCUT2D eigenvalue weighted by molar-refractivity contribution is 0.995. The Hall–Kier alpha value is -2.60. The summed E-state index contributed by atoms with van der Waals surface area (Å²) in [5.74, 6) is 0.798.